The third-order valence-corrected chi connectivity index (χ3v) is 3.97. The first kappa shape index (κ1) is 14.8. The van der Waals surface area contributed by atoms with Crippen molar-refractivity contribution in [3.63, 3.8) is 0 Å². The lowest BCUT2D eigenvalue weighted by Gasteiger charge is -2.33. The molecule has 0 radical (unpaired) electrons. The SMILES string of the molecule is Cc1nc(NCc2ccccc2)cc(N2CCN(C)CC2)n1. The molecule has 1 aromatic carbocycles. The fourth-order valence-electron chi connectivity index (χ4n) is 2.63. The third kappa shape index (κ3) is 3.74. The van der Waals surface area contributed by atoms with Crippen molar-refractivity contribution in [2.45, 2.75) is 13.5 Å². The summed E-state index contributed by atoms with van der Waals surface area (Å²) < 4.78 is 0. The average molecular weight is 297 g/mol. The molecule has 2 heterocycles. The Hall–Kier alpha value is -2.14. The first-order chi connectivity index (χ1) is 10.7. The zero-order chi connectivity index (χ0) is 15.4. The standard InChI is InChI=1S/C17H23N5/c1-14-19-16(18-13-15-6-4-3-5-7-15)12-17(20-14)22-10-8-21(2)9-11-22/h3-7,12H,8-11,13H2,1-2H3,(H,18,19,20). The van der Waals surface area contributed by atoms with E-state index in [1.165, 1.54) is 5.56 Å². The predicted molar refractivity (Wildman–Crippen MR) is 90.2 cm³/mol. The summed E-state index contributed by atoms with van der Waals surface area (Å²) >= 11 is 0. The number of piperazine rings is 1. The quantitative estimate of drug-likeness (QED) is 0.937. The maximum atomic E-state index is 4.59. The number of anilines is 2. The summed E-state index contributed by atoms with van der Waals surface area (Å²) in [6, 6.07) is 12.4. The van der Waals surface area contributed by atoms with E-state index in [9.17, 15) is 0 Å². The summed E-state index contributed by atoms with van der Waals surface area (Å²) in [5.41, 5.74) is 1.25. The van der Waals surface area contributed by atoms with Gasteiger partial charge in [-0.2, -0.15) is 0 Å². The van der Waals surface area contributed by atoms with Gasteiger partial charge in [-0.15, -0.1) is 0 Å². The van der Waals surface area contributed by atoms with Crippen molar-refractivity contribution in [3.05, 3.63) is 47.8 Å². The van der Waals surface area contributed by atoms with E-state index < -0.39 is 0 Å². The second-order valence-electron chi connectivity index (χ2n) is 5.79. The summed E-state index contributed by atoms with van der Waals surface area (Å²) in [4.78, 5) is 13.8. The van der Waals surface area contributed by atoms with E-state index >= 15 is 0 Å². The topological polar surface area (TPSA) is 44.3 Å². The second-order valence-corrected chi connectivity index (χ2v) is 5.79. The van der Waals surface area contributed by atoms with Crippen molar-refractivity contribution >= 4 is 11.6 Å². The van der Waals surface area contributed by atoms with Gasteiger partial charge in [-0.3, -0.25) is 0 Å². The van der Waals surface area contributed by atoms with Crippen LogP contribution in [0.2, 0.25) is 0 Å². The highest BCUT2D eigenvalue weighted by Crippen LogP contribution is 2.18. The van der Waals surface area contributed by atoms with Crippen molar-refractivity contribution in [1.29, 1.82) is 0 Å². The molecule has 0 amide bonds. The predicted octanol–water partition coefficient (Wildman–Crippen LogP) is 2.15. The molecule has 1 N–H and O–H groups in total. The number of aromatic nitrogens is 2. The molecular weight excluding hydrogens is 274 g/mol. The average Bonchev–Trinajstić information content (AvgIpc) is 2.54. The molecule has 0 spiro atoms. The van der Waals surface area contributed by atoms with Gasteiger partial charge < -0.3 is 15.1 Å². The highest BCUT2D eigenvalue weighted by atomic mass is 15.3. The Labute approximate surface area is 132 Å². The molecule has 1 saturated heterocycles. The normalized spacial score (nSPS) is 15.8. The van der Waals surface area contributed by atoms with Crippen LogP contribution in [-0.4, -0.2) is 48.1 Å². The van der Waals surface area contributed by atoms with Crippen molar-refractivity contribution in [2.75, 3.05) is 43.4 Å². The summed E-state index contributed by atoms with van der Waals surface area (Å²) in [5.74, 6) is 2.73. The molecule has 2 aromatic rings. The van der Waals surface area contributed by atoms with Gasteiger partial charge in [-0.1, -0.05) is 30.3 Å². The zero-order valence-electron chi connectivity index (χ0n) is 13.3. The molecule has 0 bridgehead atoms. The highest BCUT2D eigenvalue weighted by Gasteiger charge is 2.16. The molecule has 0 unspecified atom stereocenters. The number of hydrogen-bond donors (Lipinski definition) is 1. The van der Waals surface area contributed by atoms with Crippen LogP contribution in [-0.2, 0) is 6.54 Å². The number of likely N-dealkylation sites (N-methyl/N-ethyl adjacent to an activating group) is 1. The van der Waals surface area contributed by atoms with Gasteiger partial charge in [-0.05, 0) is 19.5 Å². The van der Waals surface area contributed by atoms with Gasteiger partial charge in [0.25, 0.3) is 0 Å². The van der Waals surface area contributed by atoms with E-state index in [1.807, 2.05) is 13.0 Å². The number of nitrogens with zero attached hydrogens (tertiary/aromatic N) is 4. The van der Waals surface area contributed by atoms with Gasteiger partial charge in [-0.25, -0.2) is 9.97 Å². The molecule has 1 fully saturated rings. The Morgan fingerprint density at radius 2 is 1.77 bits per heavy atom. The minimum Gasteiger partial charge on any atom is -0.366 e. The maximum Gasteiger partial charge on any atom is 0.134 e. The molecule has 0 atom stereocenters. The highest BCUT2D eigenvalue weighted by molar-refractivity contribution is 5.50. The largest absolute Gasteiger partial charge is 0.366 e. The van der Waals surface area contributed by atoms with Crippen molar-refractivity contribution < 1.29 is 0 Å². The first-order valence-electron chi connectivity index (χ1n) is 7.78. The van der Waals surface area contributed by atoms with E-state index in [2.05, 4.69) is 62.5 Å². The molecule has 5 heteroatoms. The van der Waals surface area contributed by atoms with E-state index in [1.54, 1.807) is 0 Å². The molecule has 1 aliphatic rings. The molecular formula is C17H23N5. The Kier molecular flexibility index (Phi) is 4.53. The monoisotopic (exact) mass is 297 g/mol. The smallest absolute Gasteiger partial charge is 0.134 e. The number of nitrogens with one attached hydrogen (secondary N) is 1. The van der Waals surface area contributed by atoms with Gasteiger partial charge in [0.2, 0.25) is 0 Å². The van der Waals surface area contributed by atoms with Crippen LogP contribution >= 0.6 is 0 Å². The molecule has 5 nitrogen and oxygen atoms in total. The first-order valence-corrected chi connectivity index (χ1v) is 7.78. The van der Waals surface area contributed by atoms with Crippen molar-refractivity contribution in [2.24, 2.45) is 0 Å². The number of rotatable bonds is 4. The maximum absolute atomic E-state index is 4.59. The molecule has 22 heavy (non-hydrogen) atoms. The van der Waals surface area contributed by atoms with Crippen LogP contribution in [0.3, 0.4) is 0 Å². The van der Waals surface area contributed by atoms with Crippen LogP contribution in [0.1, 0.15) is 11.4 Å². The molecule has 1 aliphatic heterocycles. The van der Waals surface area contributed by atoms with Crippen LogP contribution in [0.4, 0.5) is 11.6 Å². The zero-order valence-corrected chi connectivity index (χ0v) is 13.3. The van der Waals surface area contributed by atoms with Gasteiger partial charge in [0, 0.05) is 38.8 Å². The van der Waals surface area contributed by atoms with Gasteiger partial charge >= 0.3 is 0 Å². The summed E-state index contributed by atoms with van der Waals surface area (Å²) in [6.07, 6.45) is 0. The van der Waals surface area contributed by atoms with Crippen LogP contribution in [0.25, 0.3) is 0 Å². The summed E-state index contributed by atoms with van der Waals surface area (Å²) in [5, 5.41) is 3.40. The van der Waals surface area contributed by atoms with E-state index in [-0.39, 0.29) is 0 Å². The Morgan fingerprint density at radius 1 is 1.05 bits per heavy atom. The van der Waals surface area contributed by atoms with Crippen LogP contribution in [0, 0.1) is 6.92 Å². The third-order valence-electron chi connectivity index (χ3n) is 3.97. The minimum atomic E-state index is 0.777. The Bertz CT molecular complexity index is 606. The number of hydrogen-bond acceptors (Lipinski definition) is 5. The number of aryl methyl sites for hydroxylation is 1. The molecule has 0 aliphatic carbocycles. The lowest BCUT2D eigenvalue weighted by atomic mass is 10.2. The molecule has 3 rings (SSSR count). The fourth-order valence-corrected chi connectivity index (χ4v) is 2.63. The van der Waals surface area contributed by atoms with Crippen LogP contribution in [0.15, 0.2) is 36.4 Å². The van der Waals surface area contributed by atoms with Gasteiger partial charge in [0.15, 0.2) is 0 Å². The fraction of sp³-hybridized carbons (Fsp3) is 0.412. The molecule has 116 valence electrons. The van der Waals surface area contributed by atoms with Crippen molar-refractivity contribution in [1.82, 2.24) is 14.9 Å². The lowest BCUT2D eigenvalue weighted by Crippen LogP contribution is -2.44. The summed E-state index contributed by atoms with van der Waals surface area (Å²) in [7, 11) is 2.16. The summed E-state index contributed by atoms with van der Waals surface area (Å²) in [6.45, 7) is 6.93. The van der Waals surface area contributed by atoms with Gasteiger partial charge in [0.1, 0.15) is 17.5 Å². The lowest BCUT2D eigenvalue weighted by molar-refractivity contribution is 0.312. The Balaban J connectivity index is 1.70. The molecule has 0 saturated carbocycles. The van der Waals surface area contributed by atoms with Gasteiger partial charge in [0.05, 0.1) is 0 Å². The second kappa shape index (κ2) is 6.75. The minimum absolute atomic E-state index is 0.777. The number of benzene rings is 1. The Morgan fingerprint density at radius 3 is 2.50 bits per heavy atom. The van der Waals surface area contributed by atoms with Crippen LogP contribution in [0.5, 0.6) is 0 Å². The van der Waals surface area contributed by atoms with Crippen LogP contribution < -0.4 is 10.2 Å². The van der Waals surface area contributed by atoms with E-state index in [4.69, 9.17) is 0 Å². The molecule has 1 aromatic heterocycles. The van der Waals surface area contributed by atoms with E-state index in [0.717, 1.165) is 50.2 Å². The van der Waals surface area contributed by atoms with E-state index in [0.29, 0.717) is 0 Å². The van der Waals surface area contributed by atoms with Crippen molar-refractivity contribution in [3.8, 4) is 0 Å².